The highest BCUT2D eigenvalue weighted by molar-refractivity contribution is 7.80. The highest BCUT2D eigenvalue weighted by Gasteiger charge is 2.11. The Labute approximate surface area is 96.0 Å². The zero-order valence-electron chi connectivity index (χ0n) is 8.86. The Morgan fingerprint density at radius 1 is 1.27 bits per heavy atom. The highest BCUT2D eigenvalue weighted by atomic mass is 32.1. The van der Waals surface area contributed by atoms with Crippen molar-refractivity contribution in [2.45, 2.75) is 6.29 Å². The predicted octanol–water partition coefficient (Wildman–Crippen LogP) is 2.26. The summed E-state index contributed by atoms with van der Waals surface area (Å²) in [5, 5.41) is 0. The molecular formula is C12H14O2S. The van der Waals surface area contributed by atoms with Gasteiger partial charge in [-0.3, -0.25) is 0 Å². The normalized spacial score (nSPS) is 9.87. The summed E-state index contributed by atoms with van der Waals surface area (Å²) in [5.74, 6) is 6.48. The zero-order valence-corrected chi connectivity index (χ0v) is 9.75. The van der Waals surface area contributed by atoms with E-state index >= 15 is 0 Å². The third-order valence-corrected chi connectivity index (χ3v) is 2.10. The van der Waals surface area contributed by atoms with E-state index in [1.54, 1.807) is 14.2 Å². The Morgan fingerprint density at radius 3 is 2.53 bits per heavy atom. The smallest absolute Gasteiger partial charge is 0.184 e. The molecule has 0 radical (unpaired) electrons. The van der Waals surface area contributed by atoms with Gasteiger partial charge in [0, 0.05) is 25.3 Å². The number of thiol groups is 1. The lowest BCUT2D eigenvalue weighted by Gasteiger charge is -2.14. The molecule has 0 unspecified atom stereocenters. The van der Waals surface area contributed by atoms with E-state index in [0.717, 1.165) is 11.1 Å². The molecule has 1 aromatic rings. The molecule has 15 heavy (non-hydrogen) atoms. The summed E-state index contributed by atoms with van der Waals surface area (Å²) in [5.41, 5.74) is 1.86. The summed E-state index contributed by atoms with van der Waals surface area (Å²) < 4.78 is 10.4. The molecule has 2 nitrogen and oxygen atoms in total. The van der Waals surface area contributed by atoms with Crippen LogP contribution >= 0.6 is 12.6 Å². The first-order valence-corrected chi connectivity index (χ1v) is 5.21. The topological polar surface area (TPSA) is 18.5 Å². The molecule has 0 amide bonds. The van der Waals surface area contributed by atoms with Crippen molar-refractivity contribution < 1.29 is 9.47 Å². The lowest BCUT2D eigenvalue weighted by Crippen LogP contribution is -2.05. The van der Waals surface area contributed by atoms with Gasteiger partial charge < -0.3 is 9.47 Å². The van der Waals surface area contributed by atoms with Gasteiger partial charge in [-0.05, 0) is 6.07 Å². The molecule has 0 heterocycles. The van der Waals surface area contributed by atoms with Gasteiger partial charge in [0.1, 0.15) is 0 Å². The molecule has 1 rings (SSSR count). The van der Waals surface area contributed by atoms with E-state index < -0.39 is 0 Å². The number of rotatable bonds is 3. The molecule has 0 N–H and O–H groups in total. The van der Waals surface area contributed by atoms with Crippen LogP contribution < -0.4 is 0 Å². The second-order valence-electron chi connectivity index (χ2n) is 2.85. The summed E-state index contributed by atoms with van der Waals surface area (Å²) in [6.45, 7) is 0. The third kappa shape index (κ3) is 3.28. The van der Waals surface area contributed by atoms with Crippen LogP contribution in [-0.2, 0) is 9.47 Å². The standard InChI is InChI=1S/C12H14O2S/c1-13-12(14-2)11-8-4-3-6-10(11)7-5-9-15/h3-4,6,8,12,15H,9H2,1-2H3. The molecule has 0 bridgehead atoms. The monoisotopic (exact) mass is 222 g/mol. The lowest BCUT2D eigenvalue weighted by atomic mass is 10.1. The van der Waals surface area contributed by atoms with Gasteiger partial charge in [-0.1, -0.05) is 30.0 Å². The van der Waals surface area contributed by atoms with E-state index in [-0.39, 0.29) is 6.29 Å². The van der Waals surface area contributed by atoms with Crippen molar-refractivity contribution in [2.24, 2.45) is 0 Å². The van der Waals surface area contributed by atoms with Crippen LogP contribution in [0.3, 0.4) is 0 Å². The maximum absolute atomic E-state index is 5.20. The van der Waals surface area contributed by atoms with Crippen molar-refractivity contribution in [1.29, 1.82) is 0 Å². The molecule has 0 saturated carbocycles. The Bertz CT molecular complexity index is 361. The molecule has 3 heteroatoms. The van der Waals surface area contributed by atoms with Crippen molar-refractivity contribution in [3.63, 3.8) is 0 Å². The maximum Gasteiger partial charge on any atom is 0.184 e. The molecule has 0 atom stereocenters. The minimum Gasteiger partial charge on any atom is -0.352 e. The van der Waals surface area contributed by atoms with Gasteiger partial charge in [-0.25, -0.2) is 0 Å². The van der Waals surface area contributed by atoms with Crippen LogP contribution in [0.5, 0.6) is 0 Å². The summed E-state index contributed by atoms with van der Waals surface area (Å²) in [4.78, 5) is 0. The Morgan fingerprint density at radius 2 is 1.93 bits per heavy atom. The lowest BCUT2D eigenvalue weighted by molar-refractivity contribution is -0.106. The third-order valence-electron chi connectivity index (χ3n) is 1.94. The second-order valence-corrected chi connectivity index (χ2v) is 3.17. The molecule has 0 spiro atoms. The quantitative estimate of drug-likeness (QED) is 0.480. The van der Waals surface area contributed by atoms with Crippen LogP contribution in [0.25, 0.3) is 0 Å². The van der Waals surface area contributed by atoms with Gasteiger partial charge in [-0.15, -0.1) is 0 Å². The van der Waals surface area contributed by atoms with E-state index in [1.165, 1.54) is 0 Å². The van der Waals surface area contributed by atoms with E-state index in [4.69, 9.17) is 9.47 Å². The van der Waals surface area contributed by atoms with E-state index in [9.17, 15) is 0 Å². The first-order chi connectivity index (χ1) is 7.33. The Balaban J connectivity index is 3.05. The van der Waals surface area contributed by atoms with Crippen LogP contribution in [0.1, 0.15) is 17.4 Å². The first-order valence-electron chi connectivity index (χ1n) is 4.57. The molecule has 1 aromatic carbocycles. The summed E-state index contributed by atoms with van der Waals surface area (Å²) in [6, 6.07) is 7.76. The predicted molar refractivity (Wildman–Crippen MR) is 63.9 cm³/mol. The second kappa shape index (κ2) is 6.52. The molecule has 0 saturated heterocycles. The van der Waals surface area contributed by atoms with Crippen molar-refractivity contribution in [2.75, 3.05) is 20.0 Å². The average Bonchev–Trinajstić information content (AvgIpc) is 2.29. The zero-order chi connectivity index (χ0) is 11.1. The van der Waals surface area contributed by atoms with Crippen molar-refractivity contribution >= 4 is 12.6 Å². The number of methoxy groups -OCH3 is 2. The van der Waals surface area contributed by atoms with Crippen molar-refractivity contribution in [3.05, 3.63) is 35.4 Å². The van der Waals surface area contributed by atoms with Crippen LogP contribution in [-0.4, -0.2) is 20.0 Å². The van der Waals surface area contributed by atoms with Crippen molar-refractivity contribution in [1.82, 2.24) is 0 Å². The summed E-state index contributed by atoms with van der Waals surface area (Å²) >= 11 is 4.05. The van der Waals surface area contributed by atoms with E-state index in [2.05, 4.69) is 24.5 Å². The number of hydrogen-bond acceptors (Lipinski definition) is 3. The van der Waals surface area contributed by atoms with Gasteiger partial charge in [0.05, 0.1) is 5.75 Å². The van der Waals surface area contributed by atoms with E-state index in [0.29, 0.717) is 5.75 Å². The van der Waals surface area contributed by atoms with Crippen LogP contribution in [0.15, 0.2) is 24.3 Å². The van der Waals surface area contributed by atoms with Crippen LogP contribution in [0.2, 0.25) is 0 Å². The molecule has 0 aliphatic carbocycles. The largest absolute Gasteiger partial charge is 0.352 e. The fraction of sp³-hybridized carbons (Fsp3) is 0.333. The fourth-order valence-corrected chi connectivity index (χ4v) is 1.38. The number of ether oxygens (including phenoxy) is 2. The molecule has 80 valence electrons. The SMILES string of the molecule is COC(OC)c1ccccc1C#CCS. The van der Waals surface area contributed by atoms with Crippen LogP contribution in [0, 0.1) is 11.8 Å². The maximum atomic E-state index is 5.20. The van der Waals surface area contributed by atoms with Crippen LogP contribution in [0.4, 0.5) is 0 Å². The first kappa shape index (κ1) is 12.1. The number of hydrogen-bond donors (Lipinski definition) is 1. The summed E-state index contributed by atoms with van der Waals surface area (Å²) in [6.07, 6.45) is -0.365. The highest BCUT2D eigenvalue weighted by Crippen LogP contribution is 2.20. The van der Waals surface area contributed by atoms with Gasteiger partial charge in [0.2, 0.25) is 0 Å². The minimum absolute atomic E-state index is 0.365. The van der Waals surface area contributed by atoms with Crippen molar-refractivity contribution in [3.8, 4) is 11.8 Å². The molecule has 0 aromatic heterocycles. The Hall–Kier alpha value is -0.950. The van der Waals surface area contributed by atoms with Gasteiger partial charge >= 0.3 is 0 Å². The summed E-state index contributed by atoms with van der Waals surface area (Å²) in [7, 11) is 3.22. The molecular weight excluding hydrogens is 208 g/mol. The molecule has 0 fully saturated rings. The van der Waals surface area contributed by atoms with Gasteiger partial charge in [0.15, 0.2) is 6.29 Å². The fourth-order valence-electron chi connectivity index (χ4n) is 1.30. The van der Waals surface area contributed by atoms with Gasteiger partial charge in [0.25, 0.3) is 0 Å². The number of benzene rings is 1. The Kier molecular flexibility index (Phi) is 5.27. The molecule has 0 aliphatic rings. The minimum atomic E-state index is -0.365. The van der Waals surface area contributed by atoms with Gasteiger partial charge in [-0.2, -0.15) is 12.6 Å². The molecule has 0 aliphatic heterocycles. The van der Waals surface area contributed by atoms with E-state index in [1.807, 2.05) is 24.3 Å². The average molecular weight is 222 g/mol.